The topological polar surface area (TPSA) is 49.4 Å². The van der Waals surface area contributed by atoms with Gasteiger partial charge in [0, 0.05) is 6.04 Å². The van der Waals surface area contributed by atoms with Gasteiger partial charge < -0.3 is 10.2 Å². The fraction of sp³-hybridized carbons (Fsp3) is 0.867. The van der Waals surface area contributed by atoms with E-state index in [1.165, 1.54) is 0 Å². The molecule has 1 unspecified atom stereocenters. The Morgan fingerprint density at radius 2 is 1.63 bits per heavy atom. The Labute approximate surface area is 116 Å². The minimum absolute atomic E-state index is 0.0239. The molecule has 0 aromatic rings. The molecule has 0 saturated carbocycles. The van der Waals surface area contributed by atoms with Gasteiger partial charge in [-0.3, -0.25) is 9.59 Å². The van der Waals surface area contributed by atoms with Gasteiger partial charge in [-0.05, 0) is 32.1 Å². The molecule has 0 aromatic heterocycles. The molecular weight excluding hydrogens is 240 g/mol. The summed E-state index contributed by atoms with van der Waals surface area (Å²) in [6, 6.07) is -0.188. The molecule has 1 aliphatic heterocycles. The Kier molecular flexibility index (Phi) is 5.39. The highest BCUT2D eigenvalue weighted by Crippen LogP contribution is 2.33. The summed E-state index contributed by atoms with van der Waals surface area (Å²) in [7, 11) is 0. The van der Waals surface area contributed by atoms with Crippen molar-refractivity contribution in [2.24, 2.45) is 0 Å². The lowest BCUT2D eigenvalue weighted by molar-refractivity contribution is -0.162. The maximum absolute atomic E-state index is 12.7. The van der Waals surface area contributed by atoms with E-state index in [1.54, 1.807) is 0 Å². The van der Waals surface area contributed by atoms with E-state index in [2.05, 4.69) is 19.2 Å². The average molecular weight is 268 g/mol. The molecule has 0 aromatic carbocycles. The van der Waals surface area contributed by atoms with Crippen molar-refractivity contribution in [3.8, 4) is 0 Å². The first kappa shape index (κ1) is 16.0. The standard InChI is InChI=1S/C15H28N2O2/c1-6-11(7-2)17-13(18)12(8-3)16-14(19)15(17,9-4)10-5/h11-12H,6-10H2,1-5H3,(H,16,19). The third-order valence-corrected chi connectivity index (χ3v) is 4.61. The lowest BCUT2D eigenvalue weighted by atomic mass is 9.83. The largest absolute Gasteiger partial charge is 0.342 e. The van der Waals surface area contributed by atoms with E-state index in [4.69, 9.17) is 0 Å². The second-order valence-electron chi connectivity index (χ2n) is 5.35. The van der Waals surface area contributed by atoms with Gasteiger partial charge in [0.25, 0.3) is 0 Å². The molecule has 0 spiro atoms. The predicted molar refractivity (Wildman–Crippen MR) is 76.8 cm³/mol. The van der Waals surface area contributed by atoms with Gasteiger partial charge in [0.05, 0.1) is 0 Å². The van der Waals surface area contributed by atoms with Crippen molar-refractivity contribution in [3.63, 3.8) is 0 Å². The van der Waals surface area contributed by atoms with Crippen LogP contribution in [-0.2, 0) is 9.59 Å². The van der Waals surface area contributed by atoms with Gasteiger partial charge in [-0.2, -0.15) is 0 Å². The molecule has 1 fully saturated rings. The summed E-state index contributed by atoms with van der Waals surface area (Å²) >= 11 is 0. The van der Waals surface area contributed by atoms with E-state index in [0.29, 0.717) is 19.3 Å². The quantitative estimate of drug-likeness (QED) is 0.804. The molecule has 1 saturated heterocycles. The summed E-state index contributed by atoms with van der Waals surface area (Å²) in [5.41, 5.74) is -0.653. The first-order valence-electron chi connectivity index (χ1n) is 7.66. The summed E-state index contributed by atoms with van der Waals surface area (Å²) in [6.45, 7) is 10.1. The summed E-state index contributed by atoms with van der Waals surface area (Å²) in [4.78, 5) is 27.1. The van der Waals surface area contributed by atoms with Crippen molar-refractivity contribution in [1.82, 2.24) is 10.2 Å². The van der Waals surface area contributed by atoms with Gasteiger partial charge in [-0.1, -0.05) is 34.6 Å². The molecule has 19 heavy (non-hydrogen) atoms. The lowest BCUT2D eigenvalue weighted by Gasteiger charge is -2.51. The lowest BCUT2D eigenvalue weighted by Crippen LogP contribution is -2.72. The van der Waals surface area contributed by atoms with Crippen molar-refractivity contribution in [1.29, 1.82) is 0 Å². The number of nitrogens with zero attached hydrogens (tertiary/aromatic N) is 1. The van der Waals surface area contributed by atoms with Gasteiger partial charge in [-0.15, -0.1) is 0 Å². The first-order chi connectivity index (χ1) is 9.02. The van der Waals surface area contributed by atoms with Crippen LogP contribution in [0.15, 0.2) is 0 Å². The average Bonchev–Trinajstić information content (AvgIpc) is 2.44. The Morgan fingerprint density at radius 1 is 1.11 bits per heavy atom. The zero-order valence-corrected chi connectivity index (χ0v) is 13.0. The van der Waals surface area contributed by atoms with Crippen LogP contribution in [0.25, 0.3) is 0 Å². The Bertz CT molecular complexity index is 333. The fourth-order valence-electron chi connectivity index (χ4n) is 3.21. The van der Waals surface area contributed by atoms with Gasteiger partial charge in [0.15, 0.2) is 0 Å². The van der Waals surface area contributed by atoms with Crippen LogP contribution in [0.5, 0.6) is 0 Å². The molecule has 1 aliphatic rings. The number of amides is 2. The second-order valence-corrected chi connectivity index (χ2v) is 5.35. The van der Waals surface area contributed by atoms with Crippen molar-refractivity contribution in [3.05, 3.63) is 0 Å². The zero-order valence-electron chi connectivity index (χ0n) is 13.0. The minimum atomic E-state index is -0.653. The number of hydrogen-bond acceptors (Lipinski definition) is 2. The molecule has 1 N–H and O–H groups in total. The van der Waals surface area contributed by atoms with Crippen molar-refractivity contribution in [2.45, 2.75) is 84.3 Å². The molecule has 1 atom stereocenters. The minimum Gasteiger partial charge on any atom is -0.342 e. The molecule has 0 radical (unpaired) electrons. The van der Waals surface area contributed by atoms with Crippen molar-refractivity contribution >= 4 is 11.8 Å². The first-order valence-corrected chi connectivity index (χ1v) is 7.66. The number of carbonyl (C=O) groups is 2. The number of nitrogens with one attached hydrogen (secondary N) is 1. The SMILES string of the molecule is CCC1NC(=O)C(CC)(CC)N(C(CC)CC)C1=O. The third-order valence-electron chi connectivity index (χ3n) is 4.61. The van der Waals surface area contributed by atoms with Crippen LogP contribution >= 0.6 is 0 Å². The van der Waals surface area contributed by atoms with Crippen molar-refractivity contribution in [2.75, 3.05) is 0 Å². The molecule has 1 heterocycles. The molecule has 2 amide bonds. The predicted octanol–water partition coefficient (Wildman–Crippen LogP) is 2.47. The highest BCUT2D eigenvalue weighted by Gasteiger charge is 2.51. The maximum atomic E-state index is 12.7. The molecule has 1 rings (SSSR count). The van der Waals surface area contributed by atoms with E-state index in [-0.39, 0.29) is 23.9 Å². The monoisotopic (exact) mass is 268 g/mol. The van der Waals surface area contributed by atoms with Crippen LogP contribution in [-0.4, -0.2) is 34.3 Å². The molecule has 0 bridgehead atoms. The van der Waals surface area contributed by atoms with Gasteiger partial charge >= 0.3 is 0 Å². The van der Waals surface area contributed by atoms with E-state index in [0.717, 1.165) is 12.8 Å². The molecule has 4 nitrogen and oxygen atoms in total. The number of rotatable bonds is 6. The number of carbonyl (C=O) groups excluding carboxylic acids is 2. The van der Waals surface area contributed by atoms with Crippen LogP contribution in [0, 0.1) is 0 Å². The van der Waals surface area contributed by atoms with Crippen LogP contribution in [0.2, 0.25) is 0 Å². The van der Waals surface area contributed by atoms with Crippen LogP contribution in [0.4, 0.5) is 0 Å². The maximum Gasteiger partial charge on any atom is 0.246 e. The van der Waals surface area contributed by atoms with Gasteiger partial charge in [0.2, 0.25) is 11.8 Å². The van der Waals surface area contributed by atoms with Gasteiger partial charge in [0.1, 0.15) is 11.6 Å². The van der Waals surface area contributed by atoms with E-state index in [9.17, 15) is 9.59 Å². The summed E-state index contributed by atoms with van der Waals surface area (Å²) in [6.07, 6.45) is 3.80. The fourth-order valence-corrected chi connectivity index (χ4v) is 3.21. The number of piperazine rings is 1. The Morgan fingerprint density at radius 3 is 2.00 bits per heavy atom. The molecule has 4 heteroatoms. The van der Waals surface area contributed by atoms with Crippen LogP contribution in [0.3, 0.4) is 0 Å². The Balaban J connectivity index is 3.26. The van der Waals surface area contributed by atoms with Crippen LogP contribution in [0.1, 0.15) is 66.7 Å². The van der Waals surface area contributed by atoms with E-state index in [1.807, 2.05) is 25.7 Å². The normalized spacial score (nSPS) is 22.8. The van der Waals surface area contributed by atoms with E-state index < -0.39 is 5.54 Å². The third kappa shape index (κ3) is 2.49. The zero-order chi connectivity index (χ0) is 14.6. The van der Waals surface area contributed by atoms with E-state index >= 15 is 0 Å². The Hall–Kier alpha value is -1.06. The summed E-state index contributed by atoms with van der Waals surface area (Å²) in [5.74, 6) is 0.121. The summed E-state index contributed by atoms with van der Waals surface area (Å²) < 4.78 is 0. The van der Waals surface area contributed by atoms with Gasteiger partial charge in [-0.25, -0.2) is 0 Å². The summed E-state index contributed by atoms with van der Waals surface area (Å²) in [5, 5.41) is 2.91. The van der Waals surface area contributed by atoms with Crippen molar-refractivity contribution < 1.29 is 9.59 Å². The smallest absolute Gasteiger partial charge is 0.246 e. The second kappa shape index (κ2) is 6.40. The molecular formula is C15H28N2O2. The molecule has 110 valence electrons. The molecule has 0 aliphatic carbocycles. The van der Waals surface area contributed by atoms with Crippen LogP contribution < -0.4 is 5.32 Å². The highest BCUT2D eigenvalue weighted by atomic mass is 16.2. The highest BCUT2D eigenvalue weighted by molar-refractivity contribution is 6.00. The number of hydrogen-bond donors (Lipinski definition) is 1.